The average Bonchev–Trinajstić information content (AvgIpc) is 2.53. The lowest BCUT2D eigenvalue weighted by Gasteiger charge is -2.15. The van der Waals surface area contributed by atoms with E-state index in [1.165, 1.54) is 18.2 Å². The van der Waals surface area contributed by atoms with Crippen molar-refractivity contribution >= 4 is 17.7 Å². The smallest absolute Gasteiger partial charge is 0.313 e. The summed E-state index contributed by atoms with van der Waals surface area (Å²) >= 11 is 1.77. The molecule has 2 aromatic rings. The fourth-order valence-electron chi connectivity index (χ4n) is 2.19. The van der Waals surface area contributed by atoms with Crippen molar-refractivity contribution in [1.29, 1.82) is 0 Å². The molecule has 0 aliphatic heterocycles. The van der Waals surface area contributed by atoms with E-state index in [0.717, 1.165) is 17.1 Å². The second-order valence-corrected chi connectivity index (χ2v) is 5.96. The molecule has 3 heteroatoms. The number of carbonyl (C=O) groups excluding carboxylic acids is 1. The summed E-state index contributed by atoms with van der Waals surface area (Å²) in [4.78, 5) is 12.0. The Kier molecular flexibility index (Phi) is 5.88. The van der Waals surface area contributed by atoms with Crippen molar-refractivity contribution in [2.45, 2.75) is 18.6 Å². The topological polar surface area (TPSA) is 26.3 Å². The first kappa shape index (κ1) is 15.6. The Labute approximate surface area is 130 Å². The molecule has 21 heavy (non-hydrogen) atoms. The predicted molar refractivity (Wildman–Crippen MR) is 88.5 cm³/mol. The molecule has 2 aromatic carbocycles. The van der Waals surface area contributed by atoms with Gasteiger partial charge in [-0.05, 0) is 23.6 Å². The van der Waals surface area contributed by atoms with Crippen LogP contribution >= 0.6 is 11.8 Å². The number of hydrogen-bond donors (Lipinski definition) is 0. The first-order valence-electron chi connectivity index (χ1n) is 6.97. The molecule has 0 amide bonds. The van der Waals surface area contributed by atoms with Crippen molar-refractivity contribution in [1.82, 2.24) is 0 Å². The fourth-order valence-corrected chi connectivity index (χ4v) is 3.41. The molecule has 2 rings (SSSR count). The number of esters is 1. The van der Waals surface area contributed by atoms with Gasteiger partial charge in [0, 0.05) is 11.5 Å². The van der Waals surface area contributed by atoms with E-state index in [9.17, 15) is 4.79 Å². The molecular weight excluding hydrogens is 280 g/mol. The zero-order valence-corrected chi connectivity index (χ0v) is 13.2. The minimum atomic E-state index is -0.204. The SMILES string of the molecule is COC(=O)C(CSCc1ccccc1C)c1ccccc1. The quantitative estimate of drug-likeness (QED) is 0.748. The third kappa shape index (κ3) is 4.36. The Morgan fingerprint density at radius 2 is 1.76 bits per heavy atom. The number of hydrogen-bond acceptors (Lipinski definition) is 3. The summed E-state index contributed by atoms with van der Waals surface area (Å²) in [5, 5.41) is 0. The molecule has 0 aliphatic carbocycles. The first-order valence-corrected chi connectivity index (χ1v) is 8.13. The molecule has 0 bridgehead atoms. The van der Waals surface area contributed by atoms with Gasteiger partial charge in [-0.2, -0.15) is 11.8 Å². The van der Waals surface area contributed by atoms with Gasteiger partial charge in [-0.3, -0.25) is 4.79 Å². The maximum atomic E-state index is 12.0. The predicted octanol–water partition coefficient (Wildman–Crippen LogP) is 4.19. The maximum Gasteiger partial charge on any atom is 0.313 e. The summed E-state index contributed by atoms with van der Waals surface area (Å²) in [6, 6.07) is 18.2. The molecule has 0 saturated carbocycles. The zero-order chi connectivity index (χ0) is 15.1. The van der Waals surface area contributed by atoms with Crippen LogP contribution in [0.5, 0.6) is 0 Å². The summed E-state index contributed by atoms with van der Waals surface area (Å²) in [5.74, 6) is 1.27. The van der Waals surface area contributed by atoms with Gasteiger partial charge in [-0.25, -0.2) is 0 Å². The van der Waals surface area contributed by atoms with Crippen LogP contribution < -0.4 is 0 Å². The average molecular weight is 300 g/mol. The van der Waals surface area contributed by atoms with Crippen LogP contribution in [-0.4, -0.2) is 18.8 Å². The van der Waals surface area contributed by atoms with Crippen molar-refractivity contribution < 1.29 is 9.53 Å². The number of thioether (sulfide) groups is 1. The molecule has 0 fully saturated rings. The van der Waals surface area contributed by atoms with Crippen LogP contribution in [0.2, 0.25) is 0 Å². The molecule has 1 atom stereocenters. The van der Waals surface area contributed by atoms with Crippen molar-refractivity contribution in [2.75, 3.05) is 12.9 Å². The third-order valence-corrected chi connectivity index (χ3v) is 4.58. The molecule has 0 radical (unpaired) electrons. The van der Waals surface area contributed by atoms with Crippen molar-refractivity contribution in [2.24, 2.45) is 0 Å². The molecule has 0 N–H and O–H groups in total. The van der Waals surface area contributed by atoms with Gasteiger partial charge in [0.15, 0.2) is 0 Å². The van der Waals surface area contributed by atoms with Gasteiger partial charge >= 0.3 is 5.97 Å². The monoisotopic (exact) mass is 300 g/mol. The lowest BCUT2D eigenvalue weighted by molar-refractivity contribution is -0.141. The molecule has 0 spiro atoms. The van der Waals surface area contributed by atoms with E-state index in [0.29, 0.717) is 0 Å². The zero-order valence-electron chi connectivity index (χ0n) is 12.4. The minimum absolute atomic E-state index is 0.168. The highest BCUT2D eigenvalue weighted by Gasteiger charge is 2.21. The van der Waals surface area contributed by atoms with Gasteiger partial charge in [-0.15, -0.1) is 0 Å². The van der Waals surface area contributed by atoms with Gasteiger partial charge in [0.2, 0.25) is 0 Å². The summed E-state index contributed by atoms with van der Waals surface area (Å²) in [6.07, 6.45) is 0. The second kappa shape index (κ2) is 7.89. The van der Waals surface area contributed by atoms with E-state index in [1.54, 1.807) is 11.8 Å². The van der Waals surface area contributed by atoms with Crippen molar-refractivity contribution in [3.8, 4) is 0 Å². The van der Waals surface area contributed by atoms with Crippen LogP contribution in [-0.2, 0) is 15.3 Å². The molecule has 0 aliphatic rings. The Balaban J connectivity index is 2.00. The minimum Gasteiger partial charge on any atom is -0.469 e. The lowest BCUT2D eigenvalue weighted by atomic mass is 10.0. The largest absolute Gasteiger partial charge is 0.469 e. The van der Waals surface area contributed by atoms with E-state index in [-0.39, 0.29) is 11.9 Å². The summed E-state index contributed by atoms with van der Waals surface area (Å²) in [5.41, 5.74) is 3.63. The Morgan fingerprint density at radius 3 is 2.43 bits per heavy atom. The standard InChI is InChI=1S/C18H20O2S/c1-14-8-6-7-11-16(14)12-21-13-17(18(19)20-2)15-9-4-3-5-10-15/h3-11,17H,12-13H2,1-2H3. The number of ether oxygens (including phenoxy) is 1. The number of benzene rings is 2. The van der Waals surface area contributed by atoms with Gasteiger partial charge in [0.05, 0.1) is 13.0 Å². The van der Waals surface area contributed by atoms with Crippen molar-refractivity contribution in [3.05, 3.63) is 71.3 Å². The number of methoxy groups -OCH3 is 1. The van der Waals surface area contributed by atoms with Crippen LogP contribution in [0.3, 0.4) is 0 Å². The van der Waals surface area contributed by atoms with Crippen molar-refractivity contribution in [3.63, 3.8) is 0 Å². The molecular formula is C18H20O2S. The maximum absolute atomic E-state index is 12.0. The normalized spacial score (nSPS) is 11.9. The third-order valence-electron chi connectivity index (χ3n) is 3.49. The van der Waals surface area contributed by atoms with Crippen LogP contribution in [0.25, 0.3) is 0 Å². The van der Waals surface area contributed by atoms with Gasteiger partial charge in [0.25, 0.3) is 0 Å². The number of rotatable bonds is 6. The Bertz CT molecular complexity index is 581. The summed E-state index contributed by atoms with van der Waals surface area (Å²) in [6.45, 7) is 2.12. The summed E-state index contributed by atoms with van der Waals surface area (Å²) in [7, 11) is 1.45. The lowest BCUT2D eigenvalue weighted by Crippen LogP contribution is -2.16. The highest BCUT2D eigenvalue weighted by Crippen LogP contribution is 2.25. The van der Waals surface area contributed by atoms with E-state index >= 15 is 0 Å². The second-order valence-electron chi connectivity index (χ2n) is 4.93. The molecule has 0 saturated heterocycles. The van der Waals surface area contributed by atoms with Crippen LogP contribution in [0, 0.1) is 6.92 Å². The highest BCUT2D eigenvalue weighted by molar-refractivity contribution is 7.98. The molecule has 1 unspecified atom stereocenters. The molecule has 2 nitrogen and oxygen atoms in total. The molecule has 0 heterocycles. The fraction of sp³-hybridized carbons (Fsp3) is 0.278. The van der Waals surface area contributed by atoms with E-state index in [1.807, 2.05) is 36.4 Å². The van der Waals surface area contributed by atoms with E-state index < -0.39 is 0 Å². The molecule has 0 aromatic heterocycles. The van der Waals surface area contributed by atoms with Crippen LogP contribution in [0.4, 0.5) is 0 Å². The van der Waals surface area contributed by atoms with Gasteiger partial charge < -0.3 is 4.74 Å². The highest BCUT2D eigenvalue weighted by atomic mass is 32.2. The number of carbonyl (C=O) groups is 1. The first-order chi connectivity index (χ1) is 10.2. The van der Waals surface area contributed by atoms with Gasteiger partial charge in [0.1, 0.15) is 0 Å². The van der Waals surface area contributed by atoms with Gasteiger partial charge in [-0.1, -0.05) is 54.6 Å². The Morgan fingerprint density at radius 1 is 1.10 bits per heavy atom. The molecule has 110 valence electrons. The van der Waals surface area contributed by atoms with Crippen LogP contribution in [0.1, 0.15) is 22.6 Å². The summed E-state index contributed by atoms with van der Waals surface area (Å²) < 4.78 is 4.94. The van der Waals surface area contributed by atoms with E-state index in [4.69, 9.17) is 4.74 Å². The number of aryl methyl sites for hydroxylation is 1. The Hall–Kier alpha value is -1.74. The van der Waals surface area contributed by atoms with Crippen LogP contribution in [0.15, 0.2) is 54.6 Å². The van der Waals surface area contributed by atoms with E-state index in [2.05, 4.69) is 25.1 Å².